The minimum absolute atomic E-state index is 0.00326. The molecular formula is C26H29F7N2O3S. The number of amides is 1. The molecule has 0 saturated carbocycles. The number of halogens is 7. The second-order valence-electron chi connectivity index (χ2n) is 10.1. The van der Waals surface area contributed by atoms with E-state index in [4.69, 9.17) is 0 Å². The molecule has 1 saturated heterocycles. The Morgan fingerprint density at radius 1 is 1.03 bits per heavy atom. The van der Waals surface area contributed by atoms with E-state index in [1.807, 2.05) is 0 Å². The number of hydrogen-bond acceptors (Lipinski definition) is 3. The number of hydrogen-bond donors (Lipinski definition) is 0. The van der Waals surface area contributed by atoms with E-state index in [-0.39, 0.29) is 31.1 Å². The monoisotopic (exact) mass is 582 g/mol. The molecule has 1 heterocycles. The van der Waals surface area contributed by atoms with Gasteiger partial charge in [-0.1, -0.05) is 6.07 Å². The Labute approximate surface area is 222 Å². The minimum atomic E-state index is -5.03. The highest BCUT2D eigenvalue weighted by Crippen LogP contribution is 2.39. The number of sulfonamides is 1. The molecule has 5 nitrogen and oxygen atoms in total. The summed E-state index contributed by atoms with van der Waals surface area (Å²) in [4.78, 5) is 14.6. The SMILES string of the molecule is Cc1cc(F)ccc1C1CN(S(=O)(=O)C(C)C)CCC1C(=O)N(C)Cc1cc(C(F)(F)F)cc(C(F)(F)F)c1. The molecule has 2 aromatic carbocycles. The van der Waals surface area contributed by atoms with Crippen molar-refractivity contribution in [2.24, 2.45) is 5.92 Å². The molecule has 0 aliphatic carbocycles. The van der Waals surface area contributed by atoms with Gasteiger partial charge in [-0.2, -0.15) is 26.3 Å². The van der Waals surface area contributed by atoms with Gasteiger partial charge in [-0.25, -0.2) is 17.1 Å². The van der Waals surface area contributed by atoms with Gasteiger partial charge in [0.2, 0.25) is 15.9 Å². The van der Waals surface area contributed by atoms with Crippen LogP contribution in [0.1, 0.15) is 54.0 Å². The van der Waals surface area contributed by atoms with Crippen molar-refractivity contribution in [3.8, 4) is 0 Å². The summed E-state index contributed by atoms with van der Waals surface area (Å²) in [6, 6.07) is 5.05. The summed E-state index contributed by atoms with van der Waals surface area (Å²) in [6.45, 7) is 4.03. The average molecular weight is 583 g/mol. The molecule has 0 N–H and O–H groups in total. The van der Waals surface area contributed by atoms with Crippen LogP contribution in [0.3, 0.4) is 0 Å². The summed E-state index contributed by atoms with van der Waals surface area (Å²) in [5.41, 5.74) is -2.31. The number of benzene rings is 2. The molecule has 0 bridgehead atoms. The number of alkyl halides is 6. The van der Waals surface area contributed by atoms with Gasteiger partial charge in [0, 0.05) is 38.5 Å². The molecule has 2 unspecified atom stereocenters. The first-order valence-corrected chi connectivity index (χ1v) is 13.6. The molecule has 3 rings (SSSR count). The van der Waals surface area contributed by atoms with Gasteiger partial charge in [-0.15, -0.1) is 0 Å². The van der Waals surface area contributed by atoms with Crippen LogP contribution in [0.4, 0.5) is 30.7 Å². The Balaban J connectivity index is 1.96. The Bertz CT molecular complexity index is 1290. The van der Waals surface area contributed by atoms with Crippen molar-refractivity contribution < 1.29 is 43.9 Å². The lowest BCUT2D eigenvalue weighted by Crippen LogP contribution is -2.49. The average Bonchev–Trinajstić information content (AvgIpc) is 2.81. The zero-order chi connectivity index (χ0) is 29.5. The number of nitrogens with zero attached hydrogens (tertiary/aromatic N) is 2. The minimum Gasteiger partial charge on any atom is -0.341 e. The maximum absolute atomic E-state index is 13.8. The Kier molecular flexibility index (Phi) is 8.76. The predicted octanol–water partition coefficient (Wildman–Crippen LogP) is 5.97. The van der Waals surface area contributed by atoms with Crippen LogP contribution in [0.25, 0.3) is 0 Å². The van der Waals surface area contributed by atoms with Gasteiger partial charge < -0.3 is 4.90 Å². The maximum atomic E-state index is 13.8. The molecular weight excluding hydrogens is 553 g/mol. The first-order chi connectivity index (χ1) is 17.8. The molecule has 1 aliphatic rings. The number of piperidine rings is 1. The largest absolute Gasteiger partial charge is 0.416 e. The predicted molar refractivity (Wildman–Crippen MR) is 131 cm³/mol. The quantitative estimate of drug-likeness (QED) is 0.395. The molecule has 1 aliphatic heterocycles. The molecule has 2 atom stereocenters. The third-order valence-corrected chi connectivity index (χ3v) is 9.17. The summed E-state index contributed by atoms with van der Waals surface area (Å²) in [5.74, 6) is -2.65. The summed E-state index contributed by atoms with van der Waals surface area (Å²) in [7, 11) is -2.43. The van der Waals surface area contributed by atoms with Gasteiger partial charge in [0.15, 0.2) is 0 Å². The fourth-order valence-electron chi connectivity index (χ4n) is 4.86. The summed E-state index contributed by atoms with van der Waals surface area (Å²) in [5, 5.41) is -0.730. The second-order valence-corrected chi connectivity index (χ2v) is 12.6. The topological polar surface area (TPSA) is 57.7 Å². The van der Waals surface area contributed by atoms with Gasteiger partial charge in [-0.3, -0.25) is 4.79 Å². The maximum Gasteiger partial charge on any atom is 0.416 e. The third-order valence-electron chi connectivity index (χ3n) is 6.92. The van der Waals surface area contributed by atoms with E-state index in [1.54, 1.807) is 6.92 Å². The van der Waals surface area contributed by atoms with E-state index in [0.717, 1.165) is 4.90 Å². The van der Waals surface area contributed by atoms with E-state index < -0.39 is 68.9 Å². The molecule has 39 heavy (non-hydrogen) atoms. The Morgan fingerprint density at radius 3 is 2.08 bits per heavy atom. The van der Waals surface area contributed by atoms with Crippen molar-refractivity contribution in [3.05, 3.63) is 70.0 Å². The van der Waals surface area contributed by atoms with Crippen LogP contribution < -0.4 is 0 Å². The molecule has 2 aromatic rings. The van der Waals surface area contributed by atoms with Crippen LogP contribution in [0.5, 0.6) is 0 Å². The molecule has 1 amide bonds. The van der Waals surface area contributed by atoms with Crippen LogP contribution in [0, 0.1) is 18.7 Å². The Hall–Kier alpha value is -2.67. The fourth-order valence-corrected chi connectivity index (χ4v) is 6.19. The smallest absolute Gasteiger partial charge is 0.341 e. The van der Waals surface area contributed by atoms with Crippen molar-refractivity contribution in [1.82, 2.24) is 9.21 Å². The molecule has 0 radical (unpaired) electrons. The lowest BCUT2D eigenvalue weighted by Gasteiger charge is -2.40. The number of carbonyl (C=O) groups excluding carboxylic acids is 1. The number of aryl methyl sites for hydroxylation is 1. The highest BCUT2D eigenvalue weighted by molar-refractivity contribution is 7.89. The molecule has 1 fully saturated rings. The normalized spacial score (nSPS) is 19.4. The number of carbonyl (C=O) groups is 1. The standard InChI is InChI=1S/C26H29F7N2O3S/c1-15(2)39(37,38)35-8-7-22(23(14-35)21-6-5-20(27)9-16(21)3)24(36)34(4)13-17-10-18(25(28,29)30)12-19(11-17)26(31,32)33/h5-6,9-12,15,22-23H,7-8,13-14H2,1-4H3. The second kappa shape index (κ2) is 11.1. The zero-order valence-electron chi connectivity index (χ0n) is 21.7. The third kappa shape index (κ3) is 6.92. The van der Waals surface area contributed by atoms with Crippen LogP contribution in [-0.4, -0.2) is 48.9 Å². The van der Waals surface area contributed by atoms with E-state index in [1.165, 1.54) is 43.4 Å². The van der Waals surface area contributed by atoms with E-state index >= 15 is 0 Å². The van der Waals surface area contributed by atoms with Crippen LogP contribution >= 0.6 is 0 Å². The number of rotatable bonds is 6. The zero-order valence-corrected chi connectivity index (χ0v) is 22.5. The van der Waals surface area contributed by atoms with E-state index in [9.17, 15) is 43.9 Å². The van der Waals surface area contributed by atoms with Gasteiger partial charge in [-0.05, 0) is 74.2 Å². The first kappa shape index (κ1) is 30.9. The van der Waals surface area contributed by atoms with Crippen molar-refractivity contribution in [2.75, 3.05) is 20.1 Å². The molecule has 216 valence electrons. The van der Waals surface area contributed by atoms with Crippen LogP contribution in [-0.2, 0) is 33.7 Å². The Morgan fingerprint density at radius 2 is 1.59 bits per heavy atom. The lowest BCUT2D eigenvalue weighted by atomic mass is 9.79. The molecule has 0 spiro atoms. The van der Waals surface area contributed by atoms with Crippen molar-refractivity contribution in [3.63, 3.8) is 0 Å². The van der Waals surface area contributed by atoms with Gasteiger partial charge in [0.1, 0.15) is 5.82 Å². The van der Waals surface area contributed by atoms with Crippen molar-refractivity contribution in [1.29, 1.82) is 0 Å². The summed E-state index contributed by atoms with van der Waals surface area (Å²) < 4.78 is 121. The lowest BCUT2D eigenvalue weighted by molar-refractivity contribution is -0.143. The molecule has 13 heteroatoms. The van der Waals surface area contributed by atoms with Crippen molar-refractivity contribution >= 4 is 15.9 Å². The van der Waals surface area contributed by atoms with Gasteiger partial charge >= 0.3 is 12.4 Å². The van der Waals surface area contributed by atoms with Crippen molar-refractivity contribution in [2.45, 2.75) is 57.3 Å². The van der Waals surface area contributed by atoms with E-state index in [2.05, 4.69) is 0 Å². The summed E-state index contributed by atoms with van der Waals surface area (Å²) >= 11 is 0. The van der Waals surface area contributed by atoms with Gasteiger partial charge in [0.05, 0.1) is 16.4 Å². The van der Waals surface area contributed by atoms with Crippen LogP contribution in [0.2, 0.25) is 0 Å². The summed E-state index contributed by atoms with van der Waals surface area (Å²) in [6.07, 6.45) is -10.00. The highest BCUT2D eigenvalue weighted by atomic mass is 32.2. The molecule has 0 aromatic heterocycles. The highest BCUT2D eigenvalue weighted by Gasteiger charge is 2.42. The van der Waals surface area contributed by atoms with Gasteiger partial charge in [0.25, 0.3) is 0 Å². The first-order valence-electron chi connectivity index (χ1n) is 12.1. The van der Waals surface area contributed by atoms with E-state index in [0.29, 0.717) is 23.3 Å². The fraction of sp³-hybridized carbons (Fsp3) is 0.500. The van der Waals surface area contributed by atoms with Crippen LogP contribution in [0.15, 0.2) is 36.4 Å².